The molecule has 1 heterocycles. The lowest BCUT2D eigenvalue weighted by molar-refractivity contribution is -0.113. The third-order valence-electron chi connectivity index (χ3n) is 3.45. The minimum absolute atomic E-state index is 0.131. The SMILES string of the molecule is COc1ccccc1NC(=O)CSc1nnc(-c2ccccc2OC)o1. The first kappa shape index (κ1) is 17.8. The van der Waals surface area contributed by atoms with Gasteiger partial charge in [-0.3, -0.25) is 4.79 Å². The number of hydrogen-bond donors (Lipinski definition) is 1. The van der Waals surface area contributed by atoms with E-state index in [0.717, 1.165) is 11.8 Å². The quantitative estimate of drug-likeness (QED) is 0.636. The van der Waals surface area contributed by atoms with E-state index in [2.05, 4.69) is 15.5 Å². The molecule has 0 saturated carbocycles. The summed E-state index contributed by atoms with van der Waals surface area (Å²) in [5, 5.41) is 11.1. The Balaban J connectivity index is 1.62. The number of ether oxygens (including phenoxy) is 2. The summed E-state index contributed by atoms with van der Waals surface area (Å²) in [6.07, 6.45) is 0. The largest absolute Gasteiger partial charge is 0.496 e. The fraction of sp³-hybridized carbons (Fsp3) is 0.167. The van der Waals surface area contributed by atoms with E-state index in [1.807, 2.05) is 36.4 Å². The Labute approximate surface area is 154 Å². The average Bonchev–Trinajstić information content (AvgIpc) is 3.15. The molecule has 8 heteroatoms. The van der Waals surface area contributed by atoms with Gasteiger partial charge in [0, 0.05) is 0 Å². The van der Waals surface area contributed by atoms with Crippen LogP contribution in [0.4, 0.5) is 5.69 Å². The number of anilines is 1. The zero-order valence-corrected chi connectivity index (χ0v) is 15.1. The fourth-order valence-electron chi connectivity index (χ4n) is 2.26. The highest BCUT2D eigenvalue weighted by molar-refractivity contribution is 7.99. The fourth-order valence-corrected chi connectivity index (χ4v) is 2.82. The molecule has 26 heavy (non-hydrogen) atoms. The van der Waals surface area contributed by atoms with Crippen LogP contribution in [-0.2, 0) is 4.79 Å². The van der Waals surface area contributed by atoms with Crippen molar-refractivity contribution in [2.24, 2.45) is 0 Å². The molecule has 0 atom stereocenters. The summed E-state index contributed by atoms with van der Waals surface area (Å²) in [7, 11) is 3.13. The molecule has 0 spiro atoms. The van der Waals surface area contributed by atoms with Crippen LogP contribution < -0.4 is 14.8 Å². The molecule has 0 bridgehead atoms. The van der Waals surface area contributed by atoms with Gasteiger partial charge >= 0.3 is 0 Å². The van der Waals surface area contributed by atoms with Gasteiger partial charge in [0.25, 0.3) is 11.1 Å². The van der Waals surface area contributed by atoms with Crippen LogP contribution in [0.2, 0.25) is 0 Å². The molecule has 3 aromatic rings. The summed E-state index contributed by atoms with van der Waals surface area (Å²) in [4.78, 5) is 12.1. The van der Waals surface area contributed by atoms with E-state index in [-0.39, 0.29) is 11.7 Å². The lowest BCUT2D eigenvalue weighted by Crippen LogP contribution is -2.14. The molecule has 1 amide bonds. The van der Waals surface area contributed by atoms with Gasteiger partial charge in [-0.05, 0) is 24.3 Å². The number of aromatic nitrogens is 2. The molecule has 134 valence electrons. The van der Waals surface area contributed by atoms with Gasteiger partial charge in [-0.1, -0.05) is 36.0 Å². The van der Waals surface area contributed by atoms with E-state index in [1.165, 1.54) is 0 Å². The monoisotopic (exact) mass is 371 g/mol. The second kappa shape index (κ2) is 8.39. The van der Waals surface area contributed by atoms with E-state index < -0.39 is 0 Å². The van der Waals surface area contributed by atoms with E-state index in [4.69, 9.17) is 13.9 Å². The van der Waals surface area contributed by atoms with Crippen molar-refractivity contribution >= 4 is 23.4 Å². The summed E-state index contributed by atoms with van der Waals surface area (Å²) < 4.78 is 16.1. The van der Waals surface area contributed by atoms with E-state index in [9.17, 15) is 4.79 Å². The Hall–Kier alpha value is -3.00. The molecule has 3 rings (SSSR count). The third kappa shape index (κ3) is 4.15. The van der Waals surface area contributed by atoms with Gasteiger partial charge in [-0.25, -0.2) is 0 Å². The second-order valence-electron chi connectivity index (χ2n) is 5.11. The Morgan fingerprint density at radius 1 is 1.04 bits per heavy atom. The molecule has 0 aliphatic rings. The van der Waals surface area contributed by atoms with Gasteiger partial charge in [0.15, 0.2) is 0 Å². The molecular weight excluding hydrogens is 354 g/mol. The molecular formula is C18H17N3O4S. The van der Waals surface area contributed by atoms with Crippen LogP contribution in [0.3, 0.4) is 0 Å². The molecule has 0 aliphatic carbocycles. The number of nitrogens with zero attached hydrogens (tertiary/aromatic N) is 2. The predicted octanol–water partition coefficient (Wildman–Crippen LogP) is 3.48. The van der Waals surface area contributed by atoms with Gasteiger partial charge in [-0.15, -0.1) is 10.2 Å². The normalized spacial score (nSPS) is 10.4. The number of para-hydroxylation sites is 3. The number of methoxy groups -OCH3 is 2. The van der Waals surface area contributed by atoms with Gasteiger partial charge < -0.3 is 19.2 Å². The molecule has 0 unspecified atom stereocenters. The van der Waals surface area contributed by atoms with Gasteiger partial charge in [0.2, 0.25) is 5.91 Å². The molecule has 0 saturated heterocycles. The van der Waals surface area contributed by atoms with Crippen molar-refractivity contribution in [1.82, 2.24) is 10.2 Å². The number of carbonyl (C=O) groups is 1. The Kier molecular flexibility index (Phi) is 5.75. The van der Waals surface area contributed by atoms with E-state index in [0.29, 0.717) is 33.9 Å². The summed E-state index contributed by atoms with van der Waals surface area (Å²) in [5.41, 5.74) is 1.31. The Morgan fingerprint density at radius 2 is 1.73 bits per heavy atom. The first-order chi connectivity index (χ1) is 12.7. The summed E-state index contributed by atoms with van der Waals surface area (Å²) in [6, 6.07) is 14.6. The van der Waals surface area contributed by atoms with Crippen LogP contribution in [0.25, 0.3) is 11.5 Å². The molecule has 2 aromatic carbocycles. The summed E-state index contributed by atoms with van der Waals surface area (Å²) >= 11 is 1.16. The molecule has 1 N–H and O–H groups in total. The third-order valence-corrected chi connectivity index (χ3v) is 4.27. The standard InChI is InChI=1S/C18H17N3O4S/c1-23-14-9-5-3-7-12(14)17-20-21-18(25-17)26-11-16(22)19-13-8-4-6-10-15(13)24-2/h3-10H,11H2,1-2H3,(H,19,22). The smallest absolute Gasteiger partial charge is 0.277 e. The maximum atomic E-state index is 12.1. The number of rotatable bonds is 7. The Morgan fingerprint density at radius 3 is 2.50 bits per heavy atom. The van der Waals surface area contributed by atoms with Crippen molar-refractivity contribution in [3.8, 4) is 23.0 Å². The van der Waals surface area contributed by atoms with Crippen LogP contribution in [0.15, 0.2) is 58.2 Å². The maximum absolute atomic E-state index is 12.1. The lowest BCUT2D eigenvalue weighted by atomic mass is 10.2. The van der Waals surface area contributed by atoms with E-state index in [1.54, 1.807) is 26.4 Å². The molecule has 7 nitrogen and oxygen atoms in total. The highest BCUT2D eigenvalue weighted by Crippen LogP contribution is 2.30. The van der Waals surface area contributed by atoms with Crippen LogP contribution >= 0.6 is 11.8 Å². The van der Waals surface area contributed by atoms with Crippen molar-refractivity contribution in [2.45, 2.75) is 5.22 Å². The zero-order chi connectivity index (χ0) is 18.4. The van der Waals surface area contributed by atoms with Crippen molar-refractivity contribution in [1.29, 1.82) is 0 Å². The van der Waals surface area contributed by atoms with Crippen molar-refractivity contribution in [2.75, 3.05) is 25.3 Å². The highest BCUT2D eigenvalue weighted by atomic mass is 32.2. The minimum Gasteiger partial charge on any atom is -0.496 e. The number of benzene rings is 2. The van der Waals surface area contributed by atoms with Gasteiger partial charge in [0.1, 0.15) is 11.5 Å². The first-order valence-corrected chi connectivity index (χ1v) is 8.72. The van der Waals surface area contributed by atoms with Crippen molar-refractivity contribution < 1.29 is 18.7 Å². The minimum atomic E-state index is -0.198. The number of thioether (sulfide) groups is 1. The zero-order valence-electron chi connectivity index (χ0n) is 14.3. The molecule has 0 fully saturated rings. The molecule has 0 aliphatic heterocycles. The first-order valence-electron chi connectivity index (χ1n) is 7.74. The summed E-state index contributed by atoms with van der Waals surface area (Å²) in [5.74, 6) is 1.52. The van der Waals surface area contributed by atoms with Gasteiger partial charge in [-0.2, -0.15) is 0 Å². The molecule has 0 radical (unpaired) electrons. The number of hydrogen-bond acceptors (Lipinski definition) is 7. The number of nitrogens with one attached hydrogen (secondary N) is 1. The van der Waals surface area contributed by atoms with Crippen molar-refractivity contribution in [3.63, 3.8) is 0 Å². The van der Waals surface area contributed by atoms with Crippen LogP contribution in [0.5, 0.6) is 11.5 Å². The summed E-state index contributed by atoms with van der Waals surface area (Å²) in [6.45, 7) is 0. The number of amides is 1. The van der Waals surface area contributed by atoms with Crippen LogP contribution in [0.1, 0.15) is 0 Å². The van der Waals surface area contributed by atoms with Gasteiger partial charge in [0.05, 0.1) is 31.2 Å². The van der Waals surface area contributed by atoms with Crippen LogP contribution in [-0.4, -0.2) is 36.1 Å². The Bertz CT molecular complexity index is 897. The van der Waals surface area contributed by atoms with E-state index >= 15 is 0 Å². The lowest BCUT2D eigenvalue weighted by Gasteiger charge is -2.08. The topological polar surface area (TPSA) is 86.5 Å². The van der Waals surface area contributed by atoms with Crippen molar-refractivity contribution in [3.05, 3.63) is 48.5 Å². The second-order valence-corrected chi connectivity index (χ2v) is 6.04. The number of carbonyl (C=O) groups excluding carboxylic acids is 1. The average molecular weight is 371 g/mol. The van der Waals surface area contributed by atoms with Crippen LogP contribution in [0, 0.1) is 0 Å². The predicted molar refractivity (Wildman–Crippen MR) is 98.6 cm³/mol. The molecule has 1 aromatic heterocycles. The maximum Gasteiger partial charge on any atom is 0.277 e. The highest BCUT2D eigenvalue weighted by Gasteiger charge is 2.15.